The Balaban J connectivity index is 1.96. The van der Waals surface area contributed by atoms with Crippen LogP contribution in [-0.2, 0) is 6.54 Å². The first-order chi connectivity index (χ1) is 9.22. The summed E-state index contributed by atoms with van der Waals surface area (Å²) >= 11 is 6.25. The Morgan fingerprint density at radius 2 is 2.05 bits per heavy atom. The Bertz CT molecular complexity index is 400. The van der Waals surface area contributed by atoms with Crippen LogP contribution in [0.5, 0.6) is 0 Å². The highest BCUT2D eigenvalue weighted by molar-refractivity contribution is 6.31. The number of pyridine rings is 1. The standard InChI is InChI=1S/C15H24ClN3/c1-3-12-7-9-19(10-8-12)11-14-13(16)5-6-15(18-14)17-4-2/h5-6,12H,3-4,7-11H2,1-2H3,(H,17,18). The molecule has 106 valence electrons. The molecule has 0 unspecified atom stereocenters. The van der Waals surface area contributed by atoms with E-state index in [0.29, 0.717) is 0 Å². The van der Waals surface area contributed by atoms with Crippen molar-refractivity contribution >= 4 is 17.4 Å². The fraction of sp³-hybridized carbons (Fsp3) is 0.667. The van der Waals surface area contributed by atoms with E-state index in [1.807, 2.05) is 12.1 Å². The van der Waals surface area contributed by atoms with Gasteiger partial charge in [0.1, 0.15) is 5.82 Å². The number of likely N-dealkylation sites (tertiary alicyclic amines) is 1. The summed E-state index contributed by atoms with van der Waals surface area (Å²) in [5, 5.41) is 4.02. The highest BCUT2D eigenvalue weighted by Crippen LogP contribution is 2.23. The Kier molecular flexibility index (Phi) is 5.46. The van der Waals surface area contributed by atoms with E-state index in [0.717, 1.165) is 35.5 Å². The molecule has 1 saturated heterocycles. The molecule has 0 aliphatic carbocycles. The van der Waals surface area contributed by atoms with E-state index in [1.165, 1.54) is 32.4 Å². The third-order valence-electron chi connectivity index (χ3n) is 3.93. The normalized spacial score (nSPS) is 17.6. The van der Waals surface area contributed by atoms with Gasteiger partial charge in [-0.15, -0.1) is 0 Å². The van der Waals surface area contributed by atoms with Gasteiger partial charge in [0.25, 0.3) is 0 Å². The average molecular weight is 282 g/mol. The van der Waals surface area contributed by atoms with E-state index in [9.17, 15) is 0 Å². The van der Waals surface area contributed by atoms with Crippen molar-refractivity contribution in [2.75, 3.05) is 25.0 Å². The lowest BCUT2D eigenvalue weighted by Gasteiger charge is -2.31. The molecule has 0 radical (unpaired) electrons. The Morgan fingerprint density at radius 3 is 2.68 bits per heavy atom. The summed E-state index contributed by atoms with van der Waals surface area (Å²) in [5.41, 5.74) is 0.995. The monoisotopic (exact) mass is 281 g/mol. The second-order valence-electron chi connectivity index (χ2n) is 5.28. The van der Waals surface area contributed by atoms with Crippen molar-refractivity contribution in [2.45, 2.75) is 39.7 Å². The molecule has 1 aliphatic rings. The van der Waals surface area contributed by atoms with Gasteiger partial charge in [-0.1, -0.05) is 24.9 Å². The van der Waals surface area contributed by atoms with Crippen LogP contribution in [0.2, 0.25) is 5.02 Å². The minimum atomic E-state index is 0.777. The van der Waals surface area contributed by atoms with Crippen molar-refractivity contribution in [3.8, 4) is 0 Å². The molecule has 0 aromatic carbocycles. The summed E-state index contributed by atoms with van der Waals surface area (Å²) in [5.74, 6) is 1.83. The molecule has 0 bridgehead atoms. The Morgan fingerprint density at radius 1 is 1.32 bits per heavy atom. The molecule has 0 atom stereocenters. The van der Waals surface area contributed by atoms with Gasteiger partial charge in [0, 0.05) is 13.1 Å². The number of hydrogen-bond acceptors (Lipinski definition) is 3. The SMILES string of the molecule is CCNc1ccc(Cl)c(CN2CCC(CC)CC2)n1. The van der Waals surface area contributed by atoms with Crippen LogP contribution in [0.3, 0.4) is 0 Å². The molecule has 2 heterocycles. The molecule has 1 aliphatic heterocycles. The predicted octanol–water partition coefficient (Wildman–Crippen LogP) is 3.79. The van der Waals surface area contributed by atoms with Crippen LogP contribution in [0, 0.1) is 5.92 Å². The van der Waals surface area contributed by atoms with Crippen molar-refractivity contribution in [1.29, 1.82) is 0 Å². The molecule has 0 amide bonds. The minimum Gasteiger partial charge on any atom is -0.370 e. The van der Waals surface area contributed by atoms with Crippen LogP contribution in [-0.4, -0.2) is 29.5 Å². The zero-order valence-electron chi connectivity index (χ0n) is 12.0. The maximum atomic E-state index is 6.25. The first kappa shape index (κ1) is 14.6. The number of anilines is 1. The average Bonchev–Trinajstić information content (AvgIpc) is 2.44. The van der Waals surface area contributed by atoms with E-state index in [4.69, 9.17) is 11.6 Å². The second kappa shape index (κ2) is 7.11. The summed E-state index contributed by atoms with van der Waals surface area (Å²) in [6.07, 6.45) is 3.92. The summed E-state index contributed by atoms with van der Waals surface area (Å²) < 4.78 is 0. The predicted molar refractivity (Wildman–Crippen MR) is 81.7 cm³/mol. The molecule has 1 aromatic rings. The lowest BCUT2D eigenvalue weighted by atomic mass is 9.94. The summed E-state index contributed by atoms with van der Waals surface area (Å²) in [7, 11) is 0. The molecular formula is C15H24ClN3. The highest BCUT2D eigenvalue weighted by atomic mass is 35.5. The highest BCUT2D eigenvalue weighted by Gasteiger charge is 2.19. The summed E-state index contributed by atoms with van der Waals surface area (Å²) in [6, 6.07) is 3.89. The Labute approximate surface area is 121 Å². The third kappa shape index (κ3) is 4.08. The second-order valence-corrected chi connectivity index (χ2v) is 5.69. The van der Waals surface area contributed by atoms with Gasteiger partial charge in [-0.2, -0.15) is 0 Å². The number of piperidine rings is 1. The van der Waals surface area contributed by atoms with E-state index in [2.05, 4.69) is 29.0 Å². The fourth-order valence-corrected chi connectivity index (χ4v) is 2.80. The summed E-state index contributed by atoms with van der Waals surface area (Å²) in [4.78, 5) is 7.08. The number of hydrogen-bond donors (Lipinski definition) is 1. The molecule has 1 aromatic heterocycles. The first-order valence-corrected chi connectivity index (χ1v) is 7.72. The largest absolute Gasteiger partial charge is 0.370 e. The number of nitrogens with zero attached hydrogens (tertiary/aromatic N) is 2. The van der Waals surface area contributed by atoms with Crippen molar-refractivity contribution in [3.05, 3.63) is 22.8 Å². The van der Waals surface area contributed by atoms with Gasteiger partial charge in [-0.3, -0.25) is 4.90 Å². The maximum absolute atomic E-state index is 6.25. The molecule has 19 heavy (non-hydrogen) atoms. The maximum Gasteiger partial charge on any atom is 0.126 e. The molecule has 4 heteroatoms. The van der Waals surface area contributed by atoms with E-state index < -0.39 is 0 Å². The molecule has 1 fully saturated rings. The van der Waals surface area contributed by atoms with Gasteiger partial charge in [-0.25, -0.2) is 4.98 Å². The van der Waals surface area contributed by atoms with Gasteiger partial charge in [0.15, 0.2) is 0 Å². The zero-order chi connectivity index (χ0) is 13.7. The van der Waals surface area contributed by atoms with Crippen molar-refractivity contribution in [3.63, 3.8) is 0 Å². The van der Waals surface area contributed by atoms with Gasteiger partial charge >= 0.3 is 0 Å². The lowest BCUT2D eigenvalue weighted by Crippen LogP contribution is -2.33. The fourth-order valence-electron chi connectivity index (χ4n) is 2.64. The molecule has 3 nitrogen and oxygen atoms in total. The molecule has 0 saturated carbocycles. The number of nitrogens with one attached hydrogen (secondary N) is 1. The van der Waals surface area contributed by atoms with Gasteiger partial charge in [0.05, 0.1) is 10.7 Å². The molecule has 1 N–H and O–H groups in total. The van der Waals surface area contributed by atoms with E-state index in [-0.39, 0.29) is 0 Å². The van der Waals surface area contributed by atoms with Gasteiger partial charge < -0.3 is 5.32 Å². The zero-order valence-corrected chi connectivity index (χ0v) is 12.7. The topological polar surface area (TPSA) is 28.2 Å². The number of aromatic nitrogens is 1. The lowest BCUT2D eigenvalue weighted by molar-refractivity contribution is 0.173. The third-order valence-corrected chi connectivity index (χ3v) is 4.28. The quantitative estimate of drug-likeness (QED) is 0.890. The van der Waals surface area contributed by atoms with Crippen molar-refractivity contribution < 1.29 is 0 Å². The molecule has 0 spiro atoms. The first-order valence-electron chi connectivity index (χ1n) is 7.34. The smallest absolute Gasteiger partial charge is 0.126 e. The van der Waals surface area contributed by atoms with Crippen LogP contribution >= 0.6 is 11.6 Å². The van der Waals surface area contributed by atoms with Gasteiger partial charge in [0.2, 0.25) is 0 Å². The van der Waals surface area contributed by atoms with Crippen molar-refractivity contribution in [2.24, 2.45) is 5.92 Å². The van der Waals surface area contributed by atoms with Gasteiger partial charge in [-0.05, 0) is 50.9 Å². The molecular weight excluding hydrogens is 258 g/mol. The summed E-state index contributed by atoms with van der Waals surface area (Å²) in [6.45, 7) is 8.46. The minimum absolute atomic E-state index is 0.777. The van der Waals surface area contributed by atoms with Crippen LogP contribution in [0.25, 0.3) is 0 Å². The Hall–Kier alpha value is -0.800. The van der Waals surface area contributed by atoms with Crippen LogP contribution in [0.1, 0.15) is 38.8 Å². The number of rotatable bonds is 5. The van der Waals surface area contributed by atoms with E-state index >= 15 is 0 Å². The number of halogens is 1. The molecule has 2 rings (SSSR count). The van der Waals surface area contributed by atoms with Crippen LogP contribution in [0.15, 0.2) is 12.1 Å². The van der Waals surface area contributed by atoms with Crippen LogP contribution in [0.4, 0.5) is 5.82 Å². The van der Waals surface area contributed by atoms with Crippen LogP contribution < -0.4 is 5.32 Å². The van der Waals surface area contributed by atoms with Crippen molar-refractivity contribution in [1.82, 2.24) is 9.88 Å². The van der Waals surface area contributed by atoms with E-state index in [1.54, 1.807) is 0 Å².